The molecule has 0 fully saturated rings. The minimum absolute atomic E-state index is 0.572. The predicted molar refractivity (Wildman–Crippen MR) is 114 cm³/mol. The Labute approximate surface area is 170 Å². The van der Waals surface area contributed by atoms with Crippen LogP contribution in [-0.4, -0.2) is 37.5 Å². The monoisotopic (exact) mass is 403 g/mol. The van der Waals surface area contributed by atoms with Crippen molar-refractivity contribution in [3.63, 3.8) is 0 Å². The molecule has 5 rings (SSSR count). The van der Waals surface area contributed by atoms with E-state index in [0.29, 0.717) is 11.5 Å². The van der Waals surface area contributed by atoms with Gasteiger partial charge in [-0.15, -0.1) is 11.3 Å². The second-order valence-electron chi connectivity index (χ2n) is 6.48. The van der Waals surface area contributed by atoms with Gasteiger partial charge in [-0.2, -0.15) is 10.2 Å². The van der Waals surface area contributed by atoms with E-state index in [0.717, 1.165) is 33.6 Å². The van der Waals surface area contributed by atoms with E-state index in [1.807, 2.05) is 6.07 Å². The van der Waals surface area contributed by atoms with Gasteiger partial charge >= 0.3 is 0 Å². The van der Waals surface area contributed by atoms with Gasteiger partial charge in [0.1, 0.15) is 17.9 Å². The van der Waals surface area contributed by atoms with Crippen LogP contribution in [0.1, 0.15) is 5.56 Å². The molecule has 0 spiro atoms. The van der Waals surface area contributed by atoms with Crippen LogP contribution < -0.4 is 10.1 Å². The Hall–Kier alpha value is -3.72. The van der Waals surface area contributed by atoms with E-state index in [1.54, 1.807) is 30.8 Å². The number of aromatic nitrogens is 6. The van der Waals surface area contributed by atoms with Crippen LogP contribution in [0.3, 0.4) is 0 Å². The summed E-state index contributed by atoms with van der Waals surface area (Å²) in [5.74, 6) is 1.36. The van der Waals surface area contributed by atoms with Gasteiger partial charge in [0.2, 0.25) is 0 Å². The van der Waals surface area contributed by atoms with Crippen LogP contribution >= 0.6 is 11.3 Å². The van der Waals surface area contributed by atoms with Gasteiger partial charge in [-0.3, -0.25) is 10.2 Å². The van der Waals surface area contributed by atoms with Crippen LogP contribution in [0.5, 0.6) is 5.75 Å². The highest BCUT2D eigenvalue weighted by atomic mass is 32.1. The number of hydrogen-bond donors (Lipinski definition) is 3. The molecule has 0 aliphatic rings. The maximum absolute atomic E-state index is 5.58. The quantitative estimate of drug-likeness (QED) is 0.398. The fourth-order valence-corrected chi connectivity index (χ4v) is 4.22. The van der Waals surface area contributed by atoms with Crippen molar-refractivity contribution in [3.05, 3.63) is 53.9 Å². The average molecular weight is 403 g/mol. The highest BCUT2D eigenvalue weighted by Crippen LogP contribution is 2.37. The first-order valence-electron chi connectivity index (χ1n) is 8.92. The third-order valence-electron chi connectivity index (χ3n) is 4.71. The van der Waals surface area contributed by atoms with Crippen molar-refractivity contribution in [2.45, 2.75) is 6.92 Å². The van der Waals surface area contributed by atoms with Crippen LogP contribution in [0.2, 0.25) is 0 Å². The lowest BCUT2D eigenvalue weighted by atomic mass is 10.1. The standard InChI is InChI=1S/C20H17N7OS/c1-11-5-6-29-18(11)12-3-4-15(28-2)14(7-12)25-19-16-17(13-8-23-24-9-13)26-27-20(16)22-10-21-19/h3-10H,1-2H3,(H,23,24)(H2,21,22,25,26,27). The second kappa shape index (κ2) is 7.02. The number of nitrogens with zero attached hydrogens (tertiary/aromatic N) is 4. The van der Waals surface area contributed by atoms with E-state index in [4.69, 9.17) is 4.74 Å². The van der Waals surface area contributed by atoms with Crippen LogP contribution in [-0.2, 0) is 0 Å². The summed E-state index contributed by atoms with van der Waals surface area (Å²) in [6.07, 6.45) is 5.01. The maximum atomic E-state index is 5.58. The first kappa shape index (κ1) is 17.4. The average Bonchev–Trinajstić information content (AvgIpc) is 3.48. The minimum Gasteiger partial charge on any atom is -0.495 e. The zero-order chi connectivity index (χ0) is 19.8. The molecule has 8 nitrogen and oxygen atoms in total. The highest BCUT2D eigenvalue weighted by Gasteiger charge is 2.17. The summed E-state index contributed by atoms with van der Waals surface area (Å²) < 4.78 is 5.58. The summed E-state index contributed by atoms with van der Waals surface area (Å²) in [7, 11) is 1.65. The number of anilines is 2. The summed E-state index contributed by atoms with van der Waals surface area (Å²) in [6, 6.07) is 8.21. The molecule has 4 heterocycles. The van der Waals surface area contributed by atoms with E-state index in [2.05, 4.69) is 66.2 Å². The number of H-pyrrole nitrogens is 2. The fourth-order valence-electron chi connectivity index (χ4n) is 3.29. The number of nitrogens with one attached hydrogen (secondary N) is 3. The zero-order valence-corrected chi connectivity index (χ0v) is 16.5. The van der Waals surface area contributed by atoms with E-state index in [9.17, 15) is 0 Å². The number of thiophene rings is 1. The van der Waals surface area contributed by atoms with Crippen LogP contribution in [0.4, 0.5) is 11.5 Å². The van der Waals surface area contributed by atoms with Crippen LogP contribution in [0.25, 0.3) is 32.7 Å². The number of benzene rings is 1. The van der Waals surface area contributed by atoms with Gasteiger partial charge in [-0.25, -0.2) is 9.97 Å². The summed E-state index contributed by atoms with van der Waals surface area (Å²) in [5, 5.41) is 20.5. The molecule has 0 saturated carbocycles. The molecule has 0 atom stereocenters. The van der Waals surface area contributed by atoms with Crippen molar-refractivity contribution in [1.82, 2.24) is 30.4 Å². The lowest BCUT2D eigenvalue weighted by Crippen LogP contribution is -1.99. The smallest absolute Gasteiger partial charge is 0.186 e. The molecular formula is C20H17N7OS. The van der Waals surface area contributed by atoms with Crippen molar-refractivity contribution in [1.29, 1.82) is 0 Å². The molecule has 0 aliphatic heterocycles. The zero-order valence-electron chi connectivity index (χ0n) is 15.7. The molecule has 4 aromatic heterocycles. The maximum Gasteiger partial charge on any atom is 0.186 e. The van der Waals surface area contributed by atoms with Crippen LogP contribution in [0.15, 0.2) is 48.4 Å². The largest absolute Gasteiger partial charge is 0.495 e. The van der Waals surface area contributed by atoms with E-state index in [1.165, 1.54) is 16.8 Å². The summed E-state index contributed by atoms with van der Waals surface area (Å²) in [6.45, 7) is 2.11. The molecule has 0 unspecified atom stereocenters. The van der Waals surface area contributed by atoms with E-state index >= 15 is 0 Å². The molecule has 9 heteroatoms. The third-order valence-corrected chi connectivity index (χ3v) is 5.78. The third kappa shape index (κ3) is 3.01. The minimum atomic E-state index is 0.572. The number of rotatable bonds is 5. The van der Waals surface area contributed by atoms with Gasteiger partial charge in [0.15, 0.2) is 5.65 Å². The Morgan fingerprint density at radius 1 is 1.14 bits per heavy atom. The van der Waals surface area contributed by atoms with Crippen molar-refractivity contribution in [3.8, 4) is 27.4 Å². The number of aryl methyl sites for hydroxylation is 1. The predicted octanol–water partition coefficient (Wildman–Crippen LogP) is 4.53. The number of aromatic amines is 2. The first-order chi connectivity index (χ1) is 14.2. The van der Waals surface area contributed by atoms with Crippen molar-refractivity contribution in [2.24, 2.45) is 0 Å². The van der Waals surface area contributed by atoms with Gasteiger partial charge in [0.25, 0.3) is 0 Å². The van der Waals surface area contributed by atoms with E-state index in [-0.39, 0.29) is 0 Å². The molecule has 1 aromatic carbocycles. The van der Waals surface area contributed by atoms with Gasteiger partial charge in [-0.05, 0) is 47.7 Å². The fraction of sp³-hybridized carbons (Fsp3) is 0.100. The summed E-state index contributed by atoms with van der Waals surface area (Å²) in [4.78, 5) is 9.96. The van der Waals surface area contributed by atoms with Gasteiger partial charge in [-0.1, -0.05) is 0 Å². The Morgan fingerprint density at radius 3 is 2.83 bits per heavy atom. The molecule has 0 bridgehead atoms. The molecule has 0 amide bonds. The second-order valence-corrected chi connectivity index (χ2v) is 7.40. The lowest BCUT2D eigenvalue weighted by molar-refractivity contribution is 0.417. The molecular weight excluding hydrogens is 386 g/mol. The highest BCUT2D eigenvalue weighted by molar-refractivity contribution is 7.13. The van der Waals surface area contributed by atoms with Gasteiger partial charge in [0.05, 0.1) is 30.1 Å². The summed E-state index contributed by atoms with van der Waals surface area (Å²) >= 11 is 1.72. The Morgan fingerprint density at radius 2 is 2.07 bits per heavy atom. The van der Waals surface area contributed by atoms with Gasteiger partial charge < -0.3 is 10.1 Å². The number of fused-ring (bicyclic) bond motifs is 1. The Bertz CT molecular complexity index is 1290. The molecule has 29 heavy (non-hydrogen) atoms. The number of hydrogen-bond acceptors (Lipinski definition) is 7. The van der Waals surface area contributed by atoms with Gasteiger partial charge in [0, 0.05) is 16.6 Å². The number of methoxy groups -OCH3 is 1. The van der Waals surface area contributed by atoms with Crippen LogP contribution in [0, 0.1) is 6.92 Å². The molecule has 5 aromatic rings. The SMILES string of the molecule is COc1ccc(-c2sccc2C)cc1Nc1ncnc2n[nH]c(-c3cn[nH]c3)c12. The summed E-state index contributed by atoms with van der Waals surface area (Å²) in [5.41, 5.74) is 5.42. The Balaban J connectivity index is 1.63. The Kier molecular flexibility index (Phi) is 4.21. The number of ether oxygens (including phenoxy) is 1. The van der Waals surface area contributed by atoms with Crippen molar-refractivity contribution >= 4 is 33.9 Å². The topological polar surface area (TPSA) is 104 Å². The normalized spacial score (nSPS) is 11.1. The molecule has 144 valence electrons. The molecule has 3 N–H and O–H groups in total. The molecule has 0 aliphatic carbocycles. The molecule has 0 saturated heterocycles. The lowest BCUT2D eigenvalue weighted by Gasteiger charge is -2.13. The van der Waals surface area contributed by atoms with E-state index < -0.39 is 0 Å². The van der Waals surface area contributed by atoms with Crippen molar-refractivity contribution in [2.75, 3.05) is 12.4 Å². The van der Waals surface area contributed by atoms with Crippen molar-refractivity contribution < 1.29 is 4.74 Å². The molecule has 0 radical (unpaired) electrons. The first-order valence-corrected chi connectivity index (χ1v) is 9.80.